The Morgan fingerprint density at radius 3 is 2.50 bits per heavy atom. The highest BCUT2D eigenvalue weighted by atomic mass is 79.9. The summed E-state index contributed by atoms with van der Waals surface area (Å²) >= 11 is 1.36. The molecule has 0 bridgehead atoms. The van der Waals surface area contributed by atoms with Gasteiger partial charge in [0.1, 0.15) is 0 Å². The van der Waals surface area contributed by atoms with Crippen molar-refractivity contribution >= 4 is 27.0 Å². The van der Waals surface area contributed by atoms with Gasteiger partial charge in [-0.25, -0.2) is 0 Å². The van der Waals surface area contributed by atoms with Crippen molar-refractivity contribution in [1.82, 2.24) is 0 Å². The van der Waals surface area contributed by atoms with E-state index in [4.69, 9.17) is 0 Å². The molecule has 0 radical (unpaired) electrons. The summed E-state index contributed by atoms with van der Waals surface area (Å²) in [5, 5.41) is 0.893. The lowest BCUT2D eigenvalue weighted by atomic mass is 10.4. The second-order valence-electron chi connectivity index (χ2n) is 1.40. The van der Waals surface area contributed by atoms with E-state index in [2.05, 4.69) is 15.9 Å². The van der Waals surface area contributed by atoms with Crippen LogP contribution < -0.4 is 0 Å². The zero-order chi connectivity index (χ0) is 6.41. The Labute approximate surface area is 60.1 Å². The lowest BCUT2D eigenvalue weighted by molar-refractivity contribution is 0.534. The van der Waals surface area contributed by atoms with E-state index in [0.717, 1.165) is 18.2 Å². The van der Waals surface area contributed by atoms with E-state index < -0.39 is 11.1 Å². The summed E-state index contributed by atoms with van der Waals surface area (Å²) in [6.45, 7) is 0. The Balaban J connectivity index is 2.82. The van der Waals surface area contributed by atoms with E-state index in [1.54, 1.807) is 0 Å². The predicted molar refractivity (Wildman–Crippen MR) is 36.8 cm³/mol. The predicted octanol–water partition coefficient (Wildman–Crippen LogP) is 1.04. The lowest BCUT2D eigenvalue weighted by Crippen LogP contribution is -1.94. The van der Waals surface area contributed by atoms with E-state index in [9.17, 15) is 8.76 Å². The Hall–Kier alpha value is 0.590. The van der Waals surface area contributed by atoms with Gasteiger partial charge < -0.3 is 4.55 Å². The van der Waals surface area contributed by atoms with Crippen LogP contribution in [0.25, 0.3) is 0 Å². The fourth-order valence-electron chi connectivity index (χ4n) is 0.314. The van der Waals surface area contributed by atoms with Crippen LogP contribution >= 0.6 is 15.9 Å². The molecule has 0 aliphatic rings. The zero-order valence-electron chi connectivity index (χ0n) is 4.43. The fraction of sp³-hybridized carbons (Fsp3) is 1.00. The zero-order valence-corrected chi connectivity index (χ0v) is 6.83. The van der Waals surface area contributed by atoms with Crippen molar-refractivity contribution in [2.45, 2.75) is 12.8 Å². The average molecular weight is 200 g/mol. The van der Waals surface area contributed by atoms with Crippen molar-refractivity contribution in [2.75, 3.05) is 11.1 Å². The van der Waals surface area contributed by atoms with Crippen molar-refractivity contribution in [3.63, 3.8) is 0 Å². The second-order valence-corrected chi connectivity index (χ2v) is 3.21. The smallest absolute Gasteiger partial charge is 0.0102 e. The first-order chi connectivity index (χ1) is 3.77. The van der Waals surface area contributed by atoms with Gasteiger partial charge in [-0.05, 0) is 12.8 Å². The molecule has 1 atom stereocenters. The van der Waals surface area contributed by atoms with Gasteiger partial charge in [0.15, 0.2) is 0 Å². The number of rotatable bonds is 4. The van der Waals surface area contributed by atoms with Crippen LogP contribution in [-0.2, 0) is 11.1 Å². The summed E-state index contributed by atoms with van der Waals surface area (Å²) < 4.78 is 19.7. The summed E-state index contributed by atoms with van der Waals surface area (Å²) in [7, 11) is 0. The fourth-order valence-corrected chi connectivity index (χ4v) is 1.15. The quantitative estimate of drug-likeness (QED) is 0.386. The maximum absolute atomic E-state index is 9.86. The summed E-state index contributed by atoms with van der Waals surface area (Å²) in [6, 6.07) is 0. The Morgan fingerprint density at radius 2 is 2.12 bits per heavy atom. The standard InChI is InChI=1S/C4H9BrO2S/c5-3-1-2-4-8(6)7/h1-4H2,(H,6,7)/p-1. The van der Waals surface area contributed by atoms with Crippen molar-refractivity contribution in [3.05, 3.63) is 0 Å². The number of halogens is 1. The van der Waals surface area contributed by atoms with E-state index >= 15 is 0 Å². The topological polar surface area (TPSA) is 40.1 Å². The minimum atomic E-state index is -1.84. The van der Waals surface area contributed by atoms with Crippen molar-refractivity contribution < 1.29 is 8.76 Å². The van der Waals surface area contributed by atoms with Crippen molar-refractivity contribution in [3.8, 4) is 0 Å². The van der Waals surface area contributed by atoms with Gasteiger partial charge in [-0.15, -0.1) is 0 Å². The highest BCUT2D eigenvalue weighted by Gasteiger charge is 1.83. The lowest BCUT2D eigenvalue weighted by Gasteiger charge is -2.00. The molecule has 2 nitrogen and oxygen atoms in total. The molecule has 0 saturated heterocycles. The monoisotopic (exact) mass is 199 g/mol. The van der Waals surface area contributed by atoms with Gasteiger partial charge in [0.25, 0.3) is 0 Å². The van der Waals surface area contributed by atoms with Crippen LogP contribution in [0.5, 0.6) is 0 Å². The molecule has 50 valence electrons. The third kappa shape index (κ3) is 6.59. The van der Waals surface area contributed by atoms with Crippen LogP contribution in [0, 0.1) is 0 Å². The molecule has 0 aliphatic carbocycles. The Kier molecular flexibility index (Phi) is 6.14. The van der Waals surface area contributed by atoms with Crippen LogP contribution in [0.4, 0.5) is 0 Å². The third-order valence-electron chi connectivity index (χ3n) is 0.695. The van der Waals surface area contributed by atoms with Gasteiger partial charge in [-0.1, -0.05) is 27.0 Å². The van der Waals surface area contributed by atoms with Gasteiger partial charge in [0, 0.05) is 11.1 Å². The molecule has 0 aromatic heterocycles. The molecule has 0 fully saturated rings. The minimum absolute atomic E-state index is 0.297. The first kappa shape index (κ1) is 8.59. The largest absolute Gasteiger partial charge is 0.772 e. The summed E-state index contributed by atoms with van der Waals surface area (Å²) in [6.07, 6.45) is 1.70. The molecule has 0 amide bonds. The average Bonchev–Trinajstić information content (AvgIpc) is 1.66. The summed E-state index contributed by atoms with van der Waals surface area (Å²) in [4.78, 5) is 0. The van der Waals surface area contributed by atoms with E-state index in [0.29, 0.717) is 5.75 Å². The van der Waals surface area contributed by atoms with E-state index in [1.165, 1.54) is 0 Å². The molecule has 4 heteroatoms. The van der Waals surface area contributed by atoms with Crippen LogP contribution in [0.15, 0.2) is 0 Å². The second kappa shape index (κ2) is 5.72. The SMILES string of the molecule is O=S([O-])CCCCBr. The normalized spacial score (nSPS) is 13.8. The molecule has 0 spiro atoms. The molecule has 0 rings (SSSR count). The first-order valence-electron chi connectivity index (χ1n) is 2.39. The molecular weight excluding hydrogens is 192 g/mol. The van der Waals surface area contributed by atoms with Crippen LogP contribution in [0.1, 0.15) is 12.8 Å². The van der Waals surface area contributed by atoms with Crippen LogP contribution in [0.3, 0.4) is 0 Å². The summed E-state index contributed by atoms with van der Waals surface area (Å²) in [5.74, 6) is 0.297. The number of hydrogen-bond donors (Lipinski definition) is 0. The molecule has 8 heavy (non-hydrogen) atoms. The third-order valence-corrected chi connectivity index (χ3v) is 1.88. The Morgan fingerprint density at radius 1 is 1.50 bits per heavy atom. The van der Waals surface area contributed by atoms with Crippen molar-refractivity contribution in [2.24, 2.45) is 0 Å². The maximum atomic E-state index is 9.86. The molecule has 0 saturated carbocycles. The highest BCUT2D eigenvalue weighted by molar-refractivity contribution is 9.09. The number of unbranched alkanes of at least 4 members (excludes halogenated alkanes) is 1. The molecule has 0 heterocycles. The van der Waals surface area contributed by atoms with Gasteiger partial charge in [0.05, 0.1) is 0 Å². The summed E-state index contributed by atoms with van der Waals surface area (Å²) in [5.41, 5.74) is 0. The molecule has 1 unspecified atom stereocenters. The highest BCUT2D eigenvalue weighted by Crippen LogP contribution is 1.93. The van der Waals surface area contributed by atoms with Gasteiger partial charge in [-0.3, -0.25) is 4.21 Å². The van der Waals surface area contributed by atoms with E-state index in [-0.39, 0.29) is 0 Å². The molecule has 0 aromatic carbocycles. The van der Waals surface area contributed by atoms with Crippen molar-refractivity contribution in [1.29, 1.82) is 0 Å². The maximum Gasteiger partial charge on any atom is 0.0102 e. The first-order valence-corrected chi connectivity index (χ1v) is 4.75. The van der Waals surface area contributed by atoms with Gasteiger partial charge in [0.2, 0.25) is 0 Å². The Bertz CT molecular complexity index is 76.4. The van der Waals surface area contributed by atoms with E-state index in [1.807, 2.05) is 0 Å². The molecular formula is C4H8BrO2S-. The molecule has 0 aromatic rings. The number of alkyl halides is 1. The van der Waals surface area contributed by atoms with Crippen LogP contribution in [-0.4, -0.2) is 19.8 Å². The van der Waals surface area contributed by atoms with Gasteiger partial charge in [-0.2, -0.15) is 0 Å². The minimum Gasteiger partial charge on any atom is -0.772 e. The van der Waals surface area contributed by atoms with Crippen LogP contribution in [0.2, 0.25) is 0 Å². The number of hydrogen-bond acceptors (Lipinski definition) is 2. The van der Waals surface area contributed by atoms with Gasteiger partial charge >= 0.3 is 0 Å². The molecule has 0 N–H and O–H groups in total. The molecule has 0 aliphatic heterocycles.